The molecule has 0 fully saturated rings. The molecule has 28 heavy (non-hydrogen) atoms. The fraction of sp³-hybridized carbons (Fsp3) is 0.450. The van der Waals surface area contributed by atoms with Gasteiger partial charge < -0.3 is 13.7 Å². The maximum absolute atomic E-state index is 11.5. The molecular weight excluding hydrogens is 394 g/mol. The van der Waals surface area contributed by atoms with E-state index < -0.39 is 5.97 Å². The molecule has 1 aliphatic carbocycles. The van der Waals surface area contributed by atoms with Crippen LogP contribution in [0, 0.1) is 5.92 Å². The Morgan fingerprint density at radius 3 is 3.07 bits per heavy atom. The number of aromatic nitrogens is 3. The Hall–Kier alpha value is -2.06. The molecule has 0 bridgehead atoms. The molecule has 3 aromatic heterocycles. The molecule has 1 atom stereocenters. The van der Waals surface area contributed by atoms with Crippen LogP contribution in [0.1, 0.15) is 46.5 Å². The summed E-state index contributed by atoms with van der Waals surface area (Å²) in [6.45, 7) is 2.28. The van der Waals surface area contributed by atoms with E-state index in [1.807, 2.05) is 23.0 Å². The Morgan fingerprint density at radius 2 is 2.29 bits per heavy atom. The molecule has 0 saturated carbocycles. The van der Waals surface area contributed by atoms with Crippen LogP contribution in [0.15, 0.2) is 27.8 Å². The topological polar surface area (TPSA) is 70.2 Å². The Morgan fingerprint density at radius 1 is 1.43 bits per heavy atom. The summed E-state index contributed by atoms with van der Waals surface area (Å²) in [6.07, 6.45) is 4.90. The fourth-order valence-corrected chi connectivity index (χ4v) is 5.55. The van der Waals surface area contributed by atoms with E-state index in [4.69, 9.17) is 4.42 Å². The first-order chi connectivity index (χ1) is 13.6. The molecule has 0 radical (unpaired) electrons. The van der Waals surface area contributed by atoms with E-state index in [2.05, 4.69) is 27.9 Å². The largest absolute Gasteiger partial charge is 0.463 e. The van der Waals surface area contributed by atoms with Crippen molar-refractivity contribution in [2.45, 2.75) is 43.5 Å². The number of esters is 1. The number of furan rings is 1. The van der Waals surface area contributed by atoms with Crippen molar-refractivity contribution in [1.29, 1.82) is 0 Å². The highest BCUT2D eigenvalue weighted by molar-refractivity contribution is 7.98. The molecule has 0 aliphatic heterocycles. The zero-order chi connectivity index (χ0) is 19.7. The van der Waals surface area contributed by atoms with Gasteiger partial charge in [-0.3, -0.25) is 0 Å². The zero-order valence-corrected chi connectivity index (χ0v) is 17.9. The molecule has 6 nitrogen and oxygen atoms in total. The number of nitrogens with zero attached hydrogens (tertiary/aromatic N) is 3. The average molecular weight is 418 g/mol. The van der Waals surface area contributed by atoms with Crippen molar-refractivity contribution in [3.8, 4) is 10.7 Å². The van der Waals surface area contributed by atoms with Gasteiger partial charge in [0.2, 0.25) is 5.76 Å². The minimum absolute atomic E-state index is 0.214. The van der Waals surface area contributed by atoms with Gasteiger partial charge in [-0.15, -0.1) is 21.5 Å². The van der Waals surface area contributed by atoms with Crippen molar-refractivity contribution < 1.29 is 13.9 Å². The molecule has 4 rings (SSSR count). The first-order valence-electron chi connectivity index (χ1n) is 9.40. The number of carbonyl (C=O) groups excluding carboxylic acids is 1. The lowest BCUT2D eigenvalue weighted by atomic mass is 9.87. The number of ether oxygens (including phenoxy) is 1. The molecule has 148 valence electrons. The number of hydrogen-bond donors (Lipinski definition) is 0. The number of fused-ring (bicyclic) bond motifs is 1. The number of aryl methyl sites for hydroxylation is 1. The molecule has 0 spiro atoms. The highest BCUT2D eigenvalue weighted by Gasteiger charge is 2.22. The molecular formula is C20H23N3O3S2. The first-order valence-corrected chi connectivity index (χ1v) is 11.2. The van der Waals surface area contributed by atoms with E-state index in [1.165, 1.54) is 59.9 Å². The summed E-state index contributed by atoms with van der Waals surface area (Å²) in [5.74, 6) is 2.73. The van der Waals surface area contributed by atoms with Crippen LogP contribution in [-0.2, 0) is 30.4 Å². The van der Waals surface area contributed by atoms with Gasteiger partial charge in [-0.1, -0.05) is 25.1 Å². The van der Waals surface area contributed by atoms with Gasteiger partial charge in [0.05, 0.1) is 17.7 Å². The second-order valence-corrected chi connectivity index (χ2v) is 9.07. The van der Waals surface area contributed by atoms with E-state index >= 15 is 0 Å². The number of hydrogen-bond acceptors (Lipinski definition) is 7. The second-order valence-electron chi connectivity index (χ2n) is 6.99. The third-order valence-corrected chi connectivity index (χ3v) is 7.48. The first kappa shape index (κ1) is 19.3. The number of rotatable bonds is 6. The number of thiophene rings is 1. The van der Waals surface area contributed by atoms with Crippen LogP contribution in [-0.4, -0.2) is 27.8 Å². The molecule has 3 heterocycles. The highest BCUT2D eigenvalue weighted by atomic mass is 32.2. The van der Waals surface area contributed by atoms with Gasteiger partial charge in [0, 0.05) is 11.9 Å². The number of carbonyl (C=O) groups is 1. The van der Waals surface area contributed by atoms with Crippen molar-refractivity contribution in [3.05, 3.63) is 40.2 Å². The predicted octanol–water partition coefficient (Wildman–Crippen LogP) is 4.73. The second kappa shape index (κ2) is 8.13. The predicted molar refractivity (Wildman–Crippen MR) is 110 cm³/mol. The van der Waals surface area contributed by atoms with E-state index in [0.717, 1.165) is 16.9 Å². The van der Waals surface area contributed by atoms with Gasteiger partial charge in [0.1, 0.15) is 5.76 Å². The average Bonchev–Trinajstić information content (AvgIpc) is 3.43. The molecule has 0 aromatic carbocycles. The van der Waals surface area contributed by atoms with Gasteiger partial charge >= 0.3 is 5.97 Å². The minimum Gasteiger partial charge on any atom is -0.463 e. The zero-order valence-electron chi connectivity index (χ0n) is 16.2. The molecule has 1 unspecified atom stereocenters. The molecule has 3 aromatic rings. The van der Waals surface area contributed by atoms with E-state index in [9.17, 15) is 4.79 Å². The van der Waals surface area contributed by atoms with Gasteiger partial charge in [-0.25, -0.2) is 4.79 Å². The van der Waals surface area contributed by atoms with Gasteiger partial charge in [0.15, 0.2) is 11.0 Å². The maximum Gasteiger partial charge on any atom is 0.373 e. The summed E-state index contributed by atoms with van der Waals surface area (Å²) in [5.41, 5.74) is 1.49. The van der Waals surface area contributed by atoms with Crippen molar-refractivity contribution in [2.24, 2.45) is 13.0 Å². The van der Waals surface area contributed by atoms with E-state index in [1.54, 1.807) is 12.1 Å². The third kappa shape index (κ3) is 3.75. The van der Waals surface area contributed by atoms with E-state index in [-0.39, 0.29) is 5.76 Å². The van der Waals surface area contributed by atoms with Crippen LogP contribution in [0.25, 0.3) is 10.7 Å². The lowest BCUT2D eigenvalue weighted by Gasteiger charge is -2.19. The van der Waals surface area contributed by atoms with Crippen molar-refractivity contribution in [3.63, 3.8) is 0 Å². The maximum atomic E-state index is 11.5. The van der Waals surface area contributed by atoms with Crippen LogP contribution >= 0.6 is 23.1 Å². The minimum atomic E-state index is -0.468. The van der Waals surface area contributed by atoms with Gasteiger partial charge in [-0.2, -0.15) is 0 Å². The highest BCUT2D eigenvalue weighted by Crippen LogP contribution is 2.38. The van der Waals surface area contributed by atoms with E-state index in [0.29, 0.717) is 11.5 Å². The Labute approximate surface area is 172 Å². The van der Waals surface area contributed by atoms with Gasteiger partial charge in [-0.05, 0) is 48.9 Å². The standard InChI is InChI=1S/C20H23N3O3S2/c1-4-12-5-8-16-13(9-12)10-17(28-16)18-21-22-20(23(18)2)27-11-14-6-7-15(26-14)19(24)25-3/h6-7,10,12H,4-5,8-9,11H2,1-3H3. The molecule has 0 N–H and O–H groups in total. The number of methoxy groups -OCH3 is 1. The normalized spacial score (nSPS) is 16.2. The van der Waals surface area contributed by atoms with Crippen LogP contribution in [0.3, 0.4) is 0 Å². The van der Waals surface area contributed by atoms with Crippen molar-refractivity contribution in [1.82, 2.24) is 14.8 Å². The fourth-order valence-electron chi connectivity index (χ4n) is 3.51. The van der Waals surface area contributed by atoms with Crippen LogP contribution in [0.5, 0.6) is 0 Å². The lowest BCUT2D eigenvalue weighted by molar-refractivity contribution is 0.0563. The molecule has 0 amide bonds. The third-order valence-electron chi connectivity index (χ3n) is 5.21. The lowest BCUT2D eigenvalue weighted by Crippen LogP contribution is -2.10. The summed E-state index contributed by atoms with van der Waals surface area (Å²) in [6, 6.07) is 5.72. The van der Waals surface area contributed by atoms with Crippen LogP contribution < -0.4 is 0 Å². The summed E-state index contributed by atoms with van der Waals surface area (Å²) in [4.78, 5) is 14.2. The number of thioether (sulfide) groups is 1. The summed E-state index contributed by atoms with van der Waals surface area (Å²) in [5, 5.41) is 9.60. The van der Waals surface area contributed by atoms with Crippen LogP contribution in [0.2, 0.25) is 0 Å². The summed E-state index contributed by atoms with van der Waals surface area (Å²) in [7, 11) is 3.33. The van der Waals surface area contributed by atoms with Crippen LogP contribution in [0.4, 0.5) is 0 Å². The summed E-state index contributed by atoms with van der Waals surface area (Å²) >= 11 is 3.38. The Kier molecular flexibility index (Phi) is 5.59. The van der Waals surface area contributed by atoms with Crippen molar-refractivity contribution in [2.75, 3.05) is 7.11 Å². The molecule has 1 aliphatic rings. The Bertz CT molecular complexity index is 989. The summed E-state index contributed by atoms with van der Waals surface area (Å²) < 4.78 is 12.2. The Balaban J connectivity index is 1.47. The smallest absolute Gasteiger partial charge is 0.373 e. The quantitative estimate of drug-likeness (QED) is 0.427. The molecule has 0 saturated heterocycles. The monoisotopic (exact) mass is 417 g/mol. The molecule has 8 heteroatoms. The van der Waals surface area contributed by atoms with Crippen molar-refractivity contribution >= 4 is 29.1 Å². The van der Waals surface area contributed by atoms with Gasteiger partial charge in [0.25, 0.3) is 0 Å². The SMILES string of the molecule is CCC1CCc2sc(-c3nnc(SCc4ccc(C(=O)OC)o4)n3C)cc2C1.